The SMILES string of the molecule is CC1(C)S[C@@H]2[C@H](NC(=O)COc3ccccc3)C(=O)N2[C@H]1C(=O)OC(CC(=O)[O-])C[N+](C)(C)C. The fraction of sp³-hybridized carbons (Fsp3) is 0.565. The topological polar surface area (TPSA) is 125 Å². The number of β-lactam (4-membered cyclic amide) rings is 1. The lowest BCUT2D eigenvalue weighted by molar-refractivity contribution is -0.873. The molecule has 0 aliphatic carbocycles. The maximum atomic E-state index is 13.1. The molecule has 0 aromatic heterocycles. The number of quaternary nitrogens is 1. The van der Waals surface area contributed by atoms with Crippen molar-refractivity contribution in [1.29, 1.82) is 0 Å². The number of ether oxygens (including phenoxy) is 2. The van der Waals surface area contributed by atoms with Crippen LogP contribution in [0.15, 0.2) is 30.3 Å². The Morgan fingerprint density at radius 2 is 1.85 bits per heavy atom. The molecule has 10 nitrogen and oxygen atoms in total. The number of fused-ring (bicyclic) bond motifs is 1. The number of carboxylic acid groups (broad SMARTS) is 1. The number of hydrogen-bond acceptors (Lipinski definition) is 8. The first-order valence-corrected chi connectivity index (χ1v) is 11.8. The van der Waals surface area contributed by atoms with E-state index in [4.69, 9.17) is 9.47 Å². The number of aliphatic carboxylic acids is 1. The summed E-state index contributed by atoms with van der Waals surface area (Å²) >= 11 is 1.39. The maximum Gasteiger partial charge on any atom is 0.330 e. The average Bonchev–Trinajstić information content (AvgIpc) is 2.97. The van der Waals surface area contributed by atoms with E-state index in [9.17, 15) is 24.3 Å². The van der Waals surface area contributed by atoms with Crippen molar-refractivity contribution >= 4 is 35.5 Å². The minimum Gasteiger partial charge on any atom is -0.550 e. The Hall–Kier alpha value is -2.79. The number of nitrogens with zero attached hydrogens (tertiary/aromatic N) is 2. The van der Waals surface area contributed by atoms with Crippen LogP contribution in [-0.2, 0) is 23.9 Å². The molecule has 2 heterocycles. The van der Waals surface area contributed by atoms with Gasteiger partial charge in [0.15, 0.2) is 12.7 Å². The van der Waals surface area contributed by atoms with Crippen molar-refractivity contribution in [1.82, 2.24) is 10.2 Å². The van der Waals surface area contributed by atoms with Gasteiger partial charge in [-0.1, -0.05) is 18.2 Å². The molecular formula is C23H31N3O7S. The van der Waals surface area contributed by atoms with E-state index in [2.05, 4.69) is 5.32 Å². The van der Waals surface area contributed by atoms with Crippen molar-refractivity contribution in [2.24, 2.45) is 0 Å². The van der Waals surface area contributed by atoms with Crippen LogP contribution in [0.5, 0.6) is 5.75 Å². The summed E-state index contributed by atoms with van der Waals surface area (Å²) in [6.07, 6.45) is -1.32. The Morgan fingerprint density at radius 1 is 1.21 bits per heavy atom. The molecule has 1 aromatic rings. The van der Waals surface area contributed by atoms with E-state index in [0.29, 0.717) is 10.2 Å². The number of hydrogen-bond donors (Lipinski definition) is 1. The first-order valence-electron chi connectivity index (χ1n) is 11.0. The zero-order valence-corrected chi connectivity index (χ0v) is 20.8. The van der Waals surface area contributed by atoms with Gasteiger partial charge in [-0.15, -0.1) is 11.8 Å². The molecule has 2 saturated heterocycles. The van der Waals surface area contributed by atoms with Crippen LogP contribution in [0.2, 0.25) is 0 Å². The van der Waals surface area contributed by atoms with E-state index in [-0.39, 0.29) is 19.1 Å². The van der Waals surface area contributed by atoms with E-state index >= 15 is 0 Å². The standard InChI is InChI=1S/C23H31N3O7S/c1-23(2)19(22(31)33-15(11-17(28)29)12-26(3,4)5)25-20(30)18(21(25)34-23)24-16(27)13-32-14-9-7-6-8-10-14/h6-10,15,18-19,21H,11-13H2,1-5H3,(H-,24,27,28,29)/t15?,18-,19+,21-/m1/s1. The van der Waals surface area contributed by atoms with Gasteiger partial charge in [0.1, 0.15) is 29.8 Å². The molecule has 2 aliphatic rings. The molecule has 0 bridgehead atoms. The molecule has 2 aliphatic heterocycles. The number of rotatable bonds is 10. The largest absolute Gasteiger partial charge is 0.550 e. The third-order valence-corrected chi connectivity index (χ3v) is 7.09. The lowest BCUT2D eigenvalue weighted by Crippen LogP contribution is -2.71. The van der Waals surface area contributed by atoms with E-state index in [1.165, 1.54) is 16.7 Å². The summed E-state index contributed by atoms with van der Waals surface area (Å²) in [5, 5.41) is 13.4. The fourth-order valence-electron chi connectivity index (χ4n) is 4.18. The van der Waals surface area contributed by atoms with Crippen molar-refractivity contribution in [3.63, 3.8) is 0 Å². The number of likely N-dealkylation sites (N-methyl/N-ethyl adjacent to an activating group) is 1. The summed E-state index contributed by atoms with van der Waals surface area (Å²) in [4.78, 5) is 50.9. The second kappa shape index (κ2) is 9.83. The summed E-state index contributed by atoms with van der Waals surface area (Å²) in [5.41, 5.74) is 0. The van der Waals surface area contributed by atoms with Crippen molar-refractivity contribution < 1.29 is 38.2 Å². The van der Waals surface area contributed by atoms with Crippen LogP contribution in [0, 0.1) is 0 Å². The number of amides is 2. The van der Waals surface area contributed by atoms with E-state index < -0.39 is 52.6 Å². The maximum absolute atomic E-state index is 13.1. The van der Waals surface area contributed by atoms with E-state index in [1.54, 1.807) is 24.3 Å². The Bertz CT molecular complexity index is 948. The Labute approximate surface area is 203 Å². The minimum atomic E-state index is -1.32. The highest BCUT2D eigenvalue weighted by Crippen LogP contribution is 2.51. The van der Waals surface area contributed by atoms with Gasteiger partial charge in [-0.3, -0.25) is 9.59 Å². The van der Waals surface area contributed by atoms with Gasteiger partial charge in [0.25, 0.3) is 5.91 Å². The summed E-state index contributed by atoms with van der Waals surface area (Å²) in [6.45, 7) is 3.67. The van der Waals surface area contributed by atoms with Crippen molar-refractivity contribution in [2.75, 3.05) is 34.3 Å². The highest BCUT2D eigenvalue weighted by Gasteiger charge is 2.64. The Morgan fingerprint density at radius 3 is 2.44 bits per heavy atom. The van der Waals surface area contributed by atoms with Gasteiger partial charge in [0.2, 0.25) is 5.91 Å². The number of para-hydroxylation sites is 1. The number of carbonyl (C=O) groups is 4. The van der Waals surface area contributed by atoms with E-state index in [1.807, 2.05) is 41.1 Å². The Kier molecular flexibility index (Phi) is 7.47. The average molecular weight is 494 g/mol. The van der Waals surface area contributed by atoms with Crippen molar-refractivity contribution in [2.45, 2.75) is 48.6 Å². The van der Waals surface area contributed by atoms with Gasteiger partial charge in [0, 0.05) is 17.1 Å². The number of carboxylic acids is 1. The van der Waals surface area contributed by atoms with Crippen LogP contribution in [0.4, 0.5) is 0 Å². The van der Waals surface area contributed by atoms with Crippen LogP contribution in [-0.4, -0.2) is 95.7 Å². The summed E-state index contributed by atoms with van der Waals surface area (Å²) in [5.74, 6) is -2.27. The van der Waals surface area contributed by atoms with Crippen LogP contribution < -0.4 is 15.2 Å². The monoisotopic (exact) mass is 493 g/mol. The normalized spacial score (nSPS) is 24.0. The predicted octanol–water partition coefficient (Wildman–Crippen LogP) is -0.629. The molecule has 2 fully saturated rings. The molecule has 1 unspecified atom stereocenters. The smallest absolute Gasteiger partial charge is 0.330 e. The molecule has 34 heavy (non-hydrogen) atoms. The third-order valence-electron chi connectivity index (χ3n) is 5.52. The molecule has 0 spiro atoms. The number of esters is 1. The molecule has 186 valence electrons. The van der Waals surface area contributed by atoms with Gasteiger partial charge in [-0.25, -0.2) is 4.79 Å². The zero-order chi connectivity index (χ0) is 25.3. The summed E-state index contributed by atoms with van der Waals surface area (Å²) in [7, 11) is 5.57. The molecule has 4 atom stereocenters. The molecule has 2 amide bonds. The van der Waals surface area contributed by atoms with Crippen molar-refractivity contribution in [3.05, 3.63) is 30.3 Å². The van der Waals surface area contributed by atoms with Crippen LogP contribution >= 0.6 is 11.8 Å². The van der Waals surface area contributed by atoms with Crippen LogP contribution in [0.3, 0.4) is 0 Å². The number of thioether (sulfide) groups is 1. The molecule has 3 rings (SSSR count). The second-order valence-electron chi connectivity index (χ2n) is 10.0. The van der Waals surface area contributed by atoms with Gasteiger partial charge >= 0.3 is 5.97 Å². The third kappa shape index (κ3) is 6.01. The van der Waals surface area contributed by atoms with Crippen LogP contribution in [0.1, 0.15) is 20.3 Å². The number of carbonyl (C=O) groups excluding carboxylic acids is 4. The molecule has 0 radical (unpaired) electrons. The zero-order valence-electron chi connectivity index (χ0n) is 20.0. The fourth-order valence-corrected chi connectivity index (χ4v) is 5.80. The second-order valence-corrected chi connectivity index (χ2v) is 11.8. The molecular weight excluding hydrogens is 462 g/mol. The first-order chi connectivity index (χ1) is 15.8. The summed E-state index contributed by atoms with van der Waals surface area (Å²) < 4.78 is 10.7. The van der Waals surface area contributed by atoms with Gasteiger partial charge in [-0.2, -0.15) is 0 Å². The van der Waals surface area contributed by atoms with Crippen LogP contribution in [0.25, 0.3) is 0 Å². The molecule has 1 N–H and O–H groups in total. The highest BCUT2D eigenvalue weighted by atomic mass is 32.2. The quantitative estimate of drug-likeness (QED) is 0.260. The first kappa shape index (κ1) is 25.8. The predicted molar refractivity (Wildman–Crippen MR) is 122 cm³/mol. The van der Waals surface area contributed by atoms with Gasteiger partial charge in [0.05, 0.1) is 21.1 Å². The number of benzene rings is 1. The number of nitrogens with one attached hydrogen (secondary N) is 1. The van der Waals surface area contributed by atoms with Gasteiger partial charge in [-0.05, 0) is 26.0 Å². The van der Waals surface area contributed by atoms with Gasteiger partial charge < -0.3 is 34.1 Å². The molecule has 1 aromatic carbocycles. The summed E-state index contributed by atoms with van der Waals surface area (Å²) in [6, 6.07) is 7.17. The Balaban J connectivity index is 1.63. The van der Waals surface area contributed by atoms with Crippen molar-refractivity contribution in [3.8, 4) is 5.75 Å². The van der Waals surface area contributed by atoms with E-state index in [0.717, 1.165) is 0 Å². The molecule has 0 saturated carbocycles. The molecule has 11 heteroatoms. The highest BCUT2D eigenvalue weighted by molar-refractivity contribution is 8.01. The lowest BCUT2D eigenvalue weighted by Gasteiger charge is -2.44. The minimum absolute atomic E-state index is 0.240. The lowest BCUT2D eigenvalue weighted by atomic mass is 9.96.